The Bertz CT molecular complexity index is 294. The van der Waals surface area contributed by atoms with Gasteiger partial charge in [0.1, 0.15) is 0 Å². The number of hydrogen-bond donors (Lipinski definition) is 1. The number of nitrogens with two attached hydrogens (primary N) is 1. The Morgan fingerprint density at radius 2 is 2.31 bits per heavy atom. The van der Waals surface area contributed by atoms with Crippen LogP contribution in [0, 0.1) is 5.92 Å². The van der Waals surface area contributed by atoms with Gasteiger partial charge in [-0.05, 0) is 32.6 Å². The number of hydrogen-bond acceptors (Lipinski definition) is 3. The summed E-state index contributed by atoms with van der Waals surface area (Å²) in [7, 11) is 0. The molecule has 0 bridgehead atoms. The third-order valence-electron chi connectivity index (χ3n) is 2.37. The molecule has 0 unspecified atom stereocenters. The molecule has 0 spiro atoms. The van der Waals surface area contributed by atoms with Gasteiger partial charge in [0.25, 0.3) is 0 Å². The van der Waals surface area contributed by atoms with Gasteiger partial charge in [-0.25, -0.2) is 4.98 Å². The molecule has 1 aliphatic rings. The van der Waals surface area contributed by atoms with Gasteiger partial charge in [0.2, 0.25) is 0 Å². The first-order valence-corrected chi connectivity index (χ1v) is 5.67. The normalized spacial score (nSPS) is 17.8. The van der Waals surface area contributed by atoms with Crippen LogP contribution in [0.1, 0.15) is 37.4 Å². The zero-order chi connectivity index (χ0) is 9.47. The van der Waals surface area contributed by atoms with Gasteiger partial charge in [-0.2, -0.15) is 0 Å². The molecule has 2 nitrogen and oxygen atoms in total. The van der Waals surface area contributed by atoms with E-state index in [4.69, 9.17) is 5.73 Å². The van der Waals surface area contributed by atoms with Crippen molar-refractivity contribution < 1.29 is 0 Å². The molecule has 2 N–H and O–H groups in total. The fourth-order valence-corrected chi connectivity index (χ4v) is 2.36. The van der Waals surface area contributed by atoms with Crippen LogP contribution in [0.25, 0.3) is 0 Å². The van der Waals surface area contributed by atoms with E-state index in [1.165, 1.54) is 24.3 Å². The number of aromatic nitrogens is 1. The summed E-state index contributed by atoms with van der Waals surface area (Å²) in [4.78, 5) is 4.56. The molecule has 1 aromatic heterocycles. The minimum absolute atomic E-state index is 0.279. The zero-order valence-electron chi connectivity index (χ0n) is 8.21. The molecule has 1 heterocycles. The minimum Gasteiger partial charge on any atom is -0.321 e. The Hall–Kier alpha value is -0.410. The lowest BCUT2D eigenvalue weighted by Crippen LogP contribution is -2.29. The fourth-order valence-electron chi connectivity index (χ4n) is 1.27. The second-order valence-electron chi connectivity index (χ2n) is 4.50. The average Bonchev–Trinajstić information content (AvgIpc) is 2.63. The Morgan fingerprint density at radius 1 is 1.62 bits per heavy atom. The SMILES string of the molecule is CC(C)(N)c1csc(CC2CC2)n1. The summed E-state index contributed by atoms with van der Waals surface area (Å²) in [5.74, 6) is 0.917. The first-order valence-electron chi connectivity index (χ1n) is 4.79. The molecule has 72 valence electrons. The van der Waals surface area contributed by atoms with Crippen molar-refractivity contribution in [1.29, 1.82) is 0 Å². The van der Waals surface area contributed by atoms with Gasteiger partial charge in [0.15, 0.2) is 0 Å². The fraction of sp³-hybridized carbons (Fsp3) is 0.700. The van der Waals surface area contributed by atoms with Crippen LogP contribution in [0.15, 0.2) is 5.38 Å². The van der Waals surface area contributed by atoms with E-state index in [1.54, 1.807) is 11.3 Å². The first kappa shape index (κ1) is 9.16. The molecule has 0 aliphatic heterocycles. The number of thiazole rings is 1. The summed E-state index contributed by atoms with van der Waals surface area (Å²) >= 11 is 1.75. The van der Waals surface area contributed by atoms with Crippen molar-refractivity contribution in [3.63, 3.8) is 0 Å². The van der Waals surface area contributed by atoms with Gasteiger partial charge < -0.3 is 5.73 Å². The minimum atomic E-state index is -0.279. The molecule has 0 amide bonds. The summed E-state index contributed by atoms with van der Waals surface area (Å²) in [6.07, 6.45) is 3.95. The standard InChI is InChI=1S/C10H16N2S/c1-10(2,11)8-6-13-9(12-8)5-7-3-4-7/h6-7H,3-5,11H2,1-2H3. The van der Waals surface area contributed by atoms with Crippen LogP contribution in [0.5, 0.6) is 0 Å². The van der Waals surface area contributed by atoms with Crippen LogP contribution in [0.2, 0.25) is 0 Å². The second-order valence-corrected chi connectivity index (χ2v) is 5.44. The van der Waals surface area contributed by atoms with E-state index in [0.29, 0.717) is 0 Å². The molecule has 0 atom stereocenters. The van der Waals surface area contributed by atoms with Crippen molar-refractivity contribution in [1.82, 2.24) is 4.98 Å². The van der Waals surface area contributed by atoms with Crippen LogP contribution < -0.4 is 5.73 Å². The van der Waals surface area contributed by atoms with E-state index >= 15 is 0 Å². The molecule has 0 aromatic carbocycles. The van der Waals surface area contributed by atoms with Crippen molar-refractivity contribution in [2.75, 3.05) is 0 Å². The monoisotopic (exact) mass is 196 g/mol. The quantitative estimate of drug-likeness (QED) is 0.805. The van der Waals surface area contributed by atoms with Crippen molar-refractivity contribution in [2.24, 2.45) is 11.7 Å². The van der Waals surface area contributed by atoms with Crippen molar-refractivity contribution in [3.8, 4) is 0 Å². The lowest BCUT2D eigenvalue weighted by Gasteiger charge is -2.14. The third-order valence-corrected chi connectivity index (χ3v) is 3.24. The van der Waals surface area contributed by atoms with Gasteiger partial charge in [-0.1, -0.05) is 0 Å². The maximum atomic E-state index is 5.96. The Kier molecular flexibility index (Phi) is 2.16. The molecule has 0 radical (unpaired) electrons. The molecule has 0 saturated heterocycles. The Balaban J connectivity index is 2.08. The lowest BCUT2D eigenvalue weighted by atomic mass is 10.0. The number of rotatable bonds is 3. The lowest BCUT2D eigenvalue weighted by molar-refractivity contribution is 0.536. The topological polar surface area (TPSA) is 38.9 Å². The van der Waals surface area contributed by atoms with E-state index in [2.05, 4.69) is 10.4 Å². The number of nitrogens with zero attached hydrogens (tertiary/aromatic N) is 1. The summed E-state index contributed by atoms with van der Waals surface area (Å²) in [5.41, 5.74) is 6.72. The zero-order valence-corrected chi connectivity index (χ0v) is 9.03. The molecule has 1 saturated carbocycles. The van der Waals surface area contributed by atoms with Gasteiger partial charge >= 0.3 is 0 Å². The molecular formula is C10H16N2S. The van der Waals surface area contributed by atoms with Gasteiger partial charge in [0, 0.05) is 11.8 Å². The van der Waals surface area contributed by atoms with Crippen LogP contribution in [-0.2, 0) is 12.0 Å². The predicted octanol–water partition coefficient (Wildman–Crippen LogP) is 2.29. The van der Waals surface area contributed by atoms with E-state index in [1.807, 2.05) is 13.8 Å². The van der Waals surface area contributed by atoms with E-state index < -0.39 is 0 Å². The first-order chi connectivity index (χ1) is 6.05. The Labute approximate surface area is 83.2 Å². The average molecular weight is 196 g/mol. The molecule has 1 fully saturated rings. The molecule has 13 heavy (non-hydrogen) atoms. The second kappa shape index (κ2) is 3.07. The van der Waals surface area contributed by atoms with Gasteiger partial charge in [-0.15, -0.1) is 11.3 Å². The largest absolute Gasteiger partial charge is 0.321 e. The van der Waals surface area contributed by atoms with E-state index in [0.717, 1.165) is 11.6 Å². The maximum Gasteiger partial charge on any atom is 0.0931 e. The molecule has 1 aromatic rings. The molecule has 1 aliphatic carbocycles. The summed E-state index contributed by atoms with van der Waals surface area (Å²) < 4.78 is 0. The van der Waals surface area contributed by atoms with Gasteiger partial charge in [-0.3, -0.25) is 0 Å². The highest BCUT2D eigenvalue weighted by molar-refractivity contribution is 7.09. The molecule has 2 rings (SSSR count). The summed E-state index contributed by atoms with van der Waals surface area (Å²) in [6, 6.07) is 0. The van der Waals surface area contributed by atoms with Crippen LogP contribution >= 0.6 is 11.3 Å². The van der Waals surface area contributed by atoms with Crippen molar-refractivity contribution >= 4 is 11.3 Å². The van der Waals surface area contributed by atoms with Crippen LogP contribution in [-0.4, -0.2) is 4.98 Å². The summed E-state index contributed by atoms with van der Waals surface area (Å²) in [5, 5.41) is 3.36. The Morgan fingerprint density at radius 3 is 2.77 bits per heavy atom. The maximum absolute atomic E-state index is 5.96. The highest BCUT2D eigenvalue weighted by atomic mass is 32.1. The van der Waals surface area contributed by atoms with Crippen LogP contribution in [0.3, 0.4) is 0 Å². The van der Waals surface area contributed by atoms with Gasteiger partial charge in [0.05, 0.1) is 16.2 Å². The van der Waals surface area contributed by atoms with Crippen LogP contribution in [0.4, 0.5) is 0 Å². The highest BCUT2D eigenvalue weighted by Crippen LogP contribution is 2.33. The highest BCUT2D eigenvalue weighted by Gasteiger charge is 2.24. The smallest absolute Gasteiger partial charge is 0.0931 e. The predicted molar refractivity (Wildman–Crippen MR) is 55.8 cm³/mol. The van der Waals surface area contributed by atoms with Crippen molar-refractivity contribution in [2.45, 2.75) is 38.6 Å². The van der Waals surface area contributed by atoms with Crippen molar-refractivity contribution in [3.05, 3.63) is 16.1 Å². The molecular weight excluding hydrogens is 180 g/mol. The third kappa shape index (κ3) is 2.29. The summed E-state index contributed by atoms with van der Waals surface area (Å²) in [6.45, 7) is 4.01. The van der Waals surface area contributed by atoms with E-state index in [-0.39, 0.29) is 5.54 Å². The molecule has 3 heteroatoms. The van der Waals surface area contributed by atoms with E-state index in [9.17, 15) is 0 Å².